The van der Waals surface area contributed by atoms with Gasteiger partial charge < -0.3 is 15.2 Å². The molecule has 4 nitrogen and oxygen atoms in total. The maximum atomic E-state index is 11.9. The summed E-state index contributed by atoms with van der Waals surface area (Å²) in [6.07, 6.45) is 2.33. The molecule has 0 radical (unpaired) electrons. The summed E-state index contributed by atoms with van der Waals surface area (Å²) >= 11 is 0. The summed E-state index contributed by atoms with van der Waals surface area (Å²) in [5.41, 5.74) is 8.07. The number of aryl methyl sites for hydroxylation is 1. The lowest BCUT2D eigenvalue weighted by Crippen LogP contribution is -2.32. The molecule has 2 N–H and O–H groups in total. The zero-order valence-corrected chi connectivity index (χ0v) is 13.4. The fourth-order valence-electron chi connectivity index (χ4n) is 2.27. The van der Waals surface area contributed by atoms with Gasteiger partial charge in [-0.2, -0.15) is 0 Å². The molecule has 1 atom stereocenters. The van der Waals surface area contributed by atoms with Gasteiger partial charge in [0.25, 0.3) is 0 Å². The largest absolute Gasteiger partial charge is 0.497 e. The molecule has 0 fully saturated rings. The molecule has 0 aliphatic rings. The zero-order chi connectivity index (χ0) is 16.5. The molecule has 0 amide bonds. The number of hydrogen-bond donors (Lipinski definition) is 1. The first kappa shape index (κ1) is 17.0. The lowest BCUT2D eigenvalue weighted by atomic mass is 10.1. The van der Waals surface area contributed by atoms with E-state index < -0.39 is 6.04 Å². The summed E-state index contributed by atoms with van der Waals surface area (Å²) in [6, 6.07) is 16.9. The van der Waals surface area contributed by atoms with E-state index in [0.29, 0.717) is 6.42 Å². The molecule has 0 aliphatic carbocycles. The Labute approximate surface area is 137 Å². The van der Waals surface area contributed by atoms with Crippen molar-refractivity contribution >= 4 is 5.97 Å². The predicted octanol–water partition coefficient (Wildman–Crippen LogP) is 3.09. The molecule has 0 saturated carbocycles. The van der Waals surface area contributed by atoms with Crippen LogP contribution < -0.4 is 10.5 Å². The molecular formula is C19H23NO3. The van der Waals surface area contributed by atoms with Crippen molar-refractivity contribution in [1.82, 2.24) is 0 Å². The van der Waals surface area contributed by atoms with Crippen molar-refractivity contribution < 1.29 is 14.3 Å². The molecule has 0 aliphatic heterocycles. The minimum Gasteiger partial charge on any atom is -0.497 e. The van der Waals surface area contributed by atoms with Crippen LogP contribution in [0.1, 0.15) is 24.0 Å². The number of benzene rings is 2. The second-order valence-electron chi connectivity index (χ2n) is 5.44. The Balaban J connectivity index is 1.69. The normalized spacial score (nSPS) is 11.7. The third kappa shape index (κ3) is 5.75. The molecule has 2 aromatic carbocycles. The van der Waals surface area contributed by atoms with Gasteiger partial charge in [-0.25, -0.2) is 0 Å². The molecule has 0 bridgehead atoms. The van der Waals surface area contributed by atoms with Gasteiger partial charge in [0, 0.05) is 0 Å². The first-order valence-corrected chi connectivity index (χ1v) is 7.78. The van der Waals surface area contributed by atoms with Crippen LogP contribution in [0, 0.1) is 0 Å². The van der Waals surface area contributed by atoms with Gasteiger partial charge >= 0.3 is 5.97 Å². The minimum atomic E-state index is -0.572. The van der Waals surface area contributed by atoms with E-state index in [1.54, 1.807) is 7.11 Å². The predicted molar refractivity (Wildman–Crippen MR) is 90.1 cm³/mol. The molecule has 122 valence electrons. The summed E-state index contributed by atoms with van der Waals surface area (Å²) in [5.74, 6) is 0.499. The molecule has 0 heterocycles. The molecule has 23 heavy (non-hydrogen) atoms. The van der Waals surface area contributed by atoms with Crippen LogP contribution in [-0.2, 0) is 22.6 Å². The van der Waals surface area contributed by atoms with Gasteiger partial charge in [0.05, 0.1) is 7.11 Å². The molecular weight excluding hydrogens is 290 g/mol. The van der Waals surface area contributed by atoms with Crippen molar-refractivity contribution in [3.05, 3.63) is 65.7 Å². The van der Waals surface area contributed by atoms with Gasteiger partial charge in [-0.3, -0.25) is 4.79 Å². The van der Waals surface area contributed by atoms with E-state index in [2.05, 4.69) is 0 Å². The van der Waals surface area contributed by atoms with Gasteiger partial charge in [-0.1, -0.05) is 42.5 Å². The maximum absolute atomic E-state index is 11.9. The average molecular weight is 313 g/mol. The van der Waals surface area contributed by atoms with Crippen molar-refractivity contribution in [2.75, 3.05) is 7.11 Å². The van der Waals surface area contributed by atoms with Crippen LogP contribution in [0.25, 0.3) is 0 Å². The van der Waals surface area contributed by atoms with Crippen molar-refractivity contribution in [3.63, 3.8) is 0 Å². The van der Waals surface area contributed by atoms with Crippen molar-refractivity contribution in [3.8, 4) is 5.75 Å². The van der Waals surface area contributed by atoms with E-state index in [9.17, 15) is 4.79 Å². The number of hydrogen-bond acceptors (Lipinski definition) is 4. The van der Waals surface area contributed by atoms with Crippen molar-refractivity contribution in [2.24, 2.45) is 5.73 Å². The lowest BCUT2D eigenvalue weighted by Gasteiger charge is -2.11. The third-order valence-electron chi connectivity index (χ3n) is 3.67. The van der Waals surface area contributed by atoms with E-state index in [0.717, 1.165) is 24.2 Å². The van der Waals surface area contributed by atoms with Crippen LogP contribution in [-0.4, -0.2) is 19.1 Å². The first-order chi connectivity index (χ1) is 11.2. The highest BCUT2D eigenvalue weighted by Crippen LogP contribution is 2.13. The first-order valence-electron chi connectivity index (χ1n) is 7.78. The Bertz CT molecular complexity index is 596. The van der Waals surface area contributed by atoms with Gasteiger partial charge in [-0.15, -0.1) is 0 Å². The van der Waals surface area contributed by atoms with Crippen LogP contribution in [0.15, 0.2) is 54.6 Å². The summed E-state index contributed by atoms with van der Waals surface area (Å²) in [7, 11) is 1.65. The van der Waals surface area contributed by atoms with Crippen LogP contribution >= 0.6 is 0 Å². The molecule has 0 saturated heterocycles. The number of carbonyl (C=O) groups excluding carboxylic acids is 1. The number of nitrogens with two attached hydrogens (primary N) is 1. The van der Waals surface area contributed by atoms with Gasteiger partial charge in [0.15, 0.2) is 0 Å². The second-order valence-corrected chi connectivity index (χ2v) is 5.44. The standard InChI is InChI=1S/C19H23NO3/c1-22-17-12-10-15(11-13-17)8-5-9-18(20)19(21)23-14-16-6-3-2-4-7-16/h2-4,6-7,10-13,18H,5,8-9,14,20H2,1H3/t18-/m0/s1. The lowest BCUT2D eigenvalue weighted by molar-refractivity contribution is -0.146. The highest BCUT2D eigenvalue weighted by molar-refractivity contribution is 5.75. The number of rotatable bonds is 8. The Morgan fingerprint density at radius 3 is 2.39 bits per heavy atom. The Hall–Kier alpha value is -2.33. The van der Waals surface area contributed by atoms with Crippen LogP contribution in [0.5, 0.6) is 5.75 Å². The molecule has 2 rings (SSSR count). The van der Waals surface area contributed by atoms with Crippen LogP contribution in [0.2, 0.25) is 0 Å². The monoisotopic (exact) mass is 313 g/mol. The SMILES string of the molecule is COc1ccc(CCC[C@H](N)C(=O)OCc2ccccc2)cc1. The van der Waals surface area contributed by atoms with Crippen molar-refractivity contribution in [2.45, 2.75) is 31.9 Å². The highest BCUT2D eigenvalue weighted by Gasteiger charge is 2.14. The second kappa shape index (κ2) is 8.96. The van der Waals surface area contributed by atoms with Crippen LogP contribution in [0.3, 0.4) is 0 Å². The Kier molecular flexibility index (Phi) is 6.63. The van der Waals surface area contributed by atoms with Crippen LogP contribution in [0.4, 0.5) is 0 Å². The molecule has 0 spiro atoms. The number of methoxy groups -OCH3 is 1. The molecule has 4 heteroatoms. The van der Waals surface area contributed by atoms with E-state index >= 15 is 0 Å². The smallest absolute Gasteiger partial charge is 0.323 e. The van der Waals surface area contributed by atoms with Gasteiger partial charge in [-0.05, 0) is 42.5 Å². The quantitative estimate of drug-likeness (QED) is 0.761. The maximum Gasteiger partial charge on any atom is 0.323 e. The van der Waals surface area contributed by atoms with E-state index in [-0.39, 0.29) is 12.6 Å². The minimum absolute atomic E-state index is 0.270. The third-order valence-corrected chi connectivity index (χ3v) is 3.67. The fourth-order valence-corrected chi connectivity index (χ4v) is 2.27. The van der Waals surface area contributed by atoms with Gasteiger partial charge in [0.1, 0.15) is 18.4 Å². The van der Waals surface area contributed by atoms with E-state index in [4.69, 9.17) is 15.2 Å². The number of carbonyl (C=O) groups is 1. The summed E-state index contributed by atoms with van der Waals surface area (Å²) in [5, 5.41) is 0. The fraction of sp³-hybridized carbons (Fsp3) is 0.316. The Morgan fingerprint density at radius 1 is 1.04 bits per heavy atom. The topological polar surface area (TPSA) is 61.5 Å². The highest BCUT2D eigenvalue weighted by atomic mass is 16.5. The molecule has 0 aromatic heterocycles. The van der Waals surface area contributed by atoms with Gasteiger partial charge in [0.2, 0.25) is 0 Å². The molecule has 2 aromatic rings. The zero-order valence-electron chi connectivity index (χ0n) is 13.4. The summed E-state index contributed by atoms with van der Waals surface area (Å²) in [4.78, 5) is 11.9. The molecule has 0 unspecified atom stereocenters. The van der Waals surface area contributed by atoms with Crippen molar-refractivity contribution in [1.29, 1.82) is 0 Å². The van der Waals surface area contributed by atoms with E-state index in [1.807, 2.05) is 54.6 Å². The number of esters is 1. The average Bonchev–Trinajstić information content (AvgIpc) is 2.61. The van der Waals surface area contributed by atoms with E-state index in [1.165, 1.54) is 5.56 Å². The summed E-state index contributed by atoms with van der Waals surface area (Å²) < 4.78 is 10.4. The Morgan fingerprint density at radius 2 is 1.74 bits per heavy atom. The summed E-state index contributed by atoms with van der Waals surface area (Å²) in [6.45, 7) is 0.270. The number of ether oxygens (including phenoxy) is 2.